The number of thioether (sulfide) groups is 1. The van der Waals surface area contributed by atoms with Crippen LogP contribution in [0.2, 0.25) is 0 Å². The largest absolute Gasteiger partial charge is 0.423 e. The summed E-state index contributed by atoms with van der Waals surface area (Å²) in [6.07, 6.45) is 0. The Morgan fingerprint density at radius 1 is 1.28 bits per heavy atom. The SMILES string of the molecule is CC(C)(C)c1csc(SCC(=O)Nc2ccc3oc(=O)ccc3c2)n1. The molecule has 0 saturated carbocycles. The highest BCUT2D eigenvalue weighted by Crippen LogP contribution is 2.29. The first-order chi connectivity index (χ1) is 11.8. The molecule has 1 aromatic carbocycles. The fraction of sp³-hybridized carbons (Fsp3) is 0.278. The van der Waals surface area contributed by atoms with Gasteiger partial charge in [0.25, 0.3) is 0 Å². The second kappa shape index (κ2) is 7.01. The molecule has 0 radical (unpaired) electrons. The smallest absolute Gasteiger partial charge is 0.336 e. The minimum Gasteiger partial charge on any atom is -0.423 e. The predicted molar refractivity (Wildman–Crippen MR) is 103 cm³/mol. The van der Waals surface area contributed by atoms with E-state index in [1.807, 2.05) is 5.38 Å². The van der Waals surface area contributed by atoms with Crippen molar-refractivity contribution in [2.24, 2.45) is 0 Å². The number of thiazole rings is 1. The molecule has 0 aliphatic heterocycles. The van der Waals surface area contributed by atoms with Crippen LogP contribution in [0, 0.1) is 0 Å². The van der Waals surface area contributed by atoms with E-state index in [1.165, 1.54) is 17.8 Å². The maximum Gasteiger partial charge on any atom is 0.336 e. The first-order valence-corrected chi connectivity index (χ1v) is 9.60. The summed E-state index contributed by atoms with van der Waals surface area (Å²) < 4.78 is 5.97. The van der Waals surface area contributed by atoms with Crippen molar-refractivity contribution in [1.82, 2.24) is 4.98 Å². The third kappa shape index (κ3) is 4.49. The molecule has 0 atom stereocenters. The van der Waals surface area contributed by atoms with Gasteiger partial charge in [-0.1, -0.05) is 32.5 Å². The maximum absolute atomic E-state index is 12.2. The van der Waals surface area contributed by atoms with E-state index < -0.39 is 5.63 Å². The molecule has 2 aromatic heterocycles. The molecule has 0 aliphatic rings. The van der Waals surface area contributed by atoms with Gasteiger partial charge in [-0.2, -0.15) is 0 Å². The summed E-state index contributed by atoms with van der Waals surface area (Å²) in [6, 6.07) is 8.21. The lowest BCUT2D eigenvalue weighted by atomic mass is 9.93. The maximum atomic E-state index is 12.2. The van der Waals surface area contributed by atoms with Crippen LogP contribution >= 0.6 is 23.1 Å². The van der Waals surface area contributed by atoms with Crippen LogP contribution in [0.3, 0.4) is 0 Å². The Hall–Kier alpha value is -2.12. The van der Waals surface area contributed by atoms with Crippen molar-refractivity contribution in [3.05, 3.63) is 51.8 Å². The first kappa shape index (κ1) is 17.7. The number of rotatable bonds is 4. The normalized spacial score (nSPS) is 11.6. The Morgan fingerprint density at radius 2 is 2.08 bits per heavy atom. The highest BCUT2D eigenvalue weighted by atomic mass is 32.2. The summed E-state index contributed by atoms with van der Waals surface area (Å²) in [5.74, 6) is 0.188. The molecule has 0 fully saturated rings. The van der Waals surface area contributed by atoms with Crippen LogP contribution in [0.4, 0.5) is 5.69 Å². The van der Waals surface area contributed by atoms with Crippen LogP contribution in [-0.4, -0.2) is 16.6 Å². The first-order valence-electron chi connectivity index (χ1n) is 7.74. The van der Waals surface area contributed by atoms with Crippen molar-refractivity contribution in [3.8, 4) is 0 Å². The minimum absolute atomic E-state index is 0.0116. The van der Waals surface area contributed by atoms with Crippen LogP contribution in [0.5, 0.6) is 0 Å². The van der Waals surface area contributed by atoms with Gasteiger partial charge < -0.3 is 9.73 Å². The van der Waals surface area contributed by atoms with Gasteiger partial charge in [0.15, 0.2) is 4.34 Å². The second-order valence-electron chi connectivity index (χ2n) is 6.59. The molecular weight excluding hydrogens is 356 g/mol. The molecule has 25 heavy (non-hydrogen) atoms. The van der Waals surface area contributed by atoms with E-state index in [1.54, 1.807) is 35.6 Å². The van der Waals surface area contributed by atoms with Crippen molar-refractivity contribution < 1.29 is 9.21 Å². The van der Waals surface area contributed by atoms with Gasteiger partial charge in [0, 0.05) is 27.9 Å². The van der Waals surface area contributed by atoms with Crippen molar-refractivity contribution in [1.29, 1.82) is 0 Å². The molecule has 5 nitrogen and oxygen atoms in total. The zero-order chi connectivity index (χ0) is 18.0. The molecule has 0 saturated heterocycles. The van der Waals surface area contributed by atoms with Crippen LogP contribution < -0.4 is 10.9 Å². The quantitative estimate of drug-likeness (QED) is 0.545. The van der Waals surface area contributed by atoms with E-state index in [4.69, 9.17) is 4.42 Å². The van der Waals surface area contributed by atoms with Crippen LogP contribution in [0.1, 0.15) is 26.5 Å². The zero-order valence-electron chi connectivity index (χ0n) is 14.2. The van der Waals surface area contributed by atoms with Gasteiger partial charge in [0.2, 0.25) is 5.91 Å². The number of hydrogen-bond donors (Lipinski definition) is 1. The molecule has 0 spiro atoms. The summed E-state index contributed by atoms with van der Waals surface area (Å²) >= 11 is 2.98. The molecule has 2 heterocycles. The molecule has 3 rings (SSSR count). The standard InChI is InChI=1S/C18H18N2O3S2/c1-18(2,3)14-9-24-17(20-14)25-10-15(21)19-12-5-6-13-11(8-12)4-7-16(22)23-13/h4-9H,10H2,1-3H3,(H,19,21). The van der Waals surface area contributed by atoms with E-state index >= 15 is 0 Å². The van der Waals surface area contributed by atoms with Crippen molar-refractivity contribution in [2.75, 3.05) is 11.1 Å². The summed E-state index contributed by atoms with van der Waals surface area (Å²) in [7, 11) is 0. The minimum atomic E-state index is -0.390. The lowest BCUT2D eigenvalue weighted by Gasteiger charge is -2.14. The third-order valence-corrected chi connectivity index (χ3v) is 5.50. The number of anilines is 1. The van der Waals surface area contributed by atoms with Gasteiger partial charge in [-0.05, 0) is 24.3 Å². The fourth-order valence-corrected chi connectivity index (χ4v) is 3.99. The number of hydrogen-bond acceptors (Lipinski definition) is 6. The number of aromatic nitrogens is 1. The summed E-state index contributed by atoms with van der Waals surface area (Å²) in [4.78, 5) is 27.9. The molecule has 130 valence electrons. The number of fused-ring (bicyclic) bond motifs is 1. The molecule has 0 bridgehead atoms. The van der Waals surface area contributed by atoms with Crippen molar-refractivity contribution >= 4 is 45.7 Å². The van der Waals surface area contributed by atoms with Crippen LogP contribution in [-0.2, 0) is 10.2 Å². The molecule has 0 unspecified atom stereocenters. The number of nitrogens with zero attached hydrogens (tertiary/aromatic N) is 1. The van der Waals surface area contributed by atoms with E-state index in [0.29, 0.717) is 17.0 Å². The summed E-state index contributed by atoms with van der Waals surface area (Å²) in [5, 5.41) is 5.66. The lowest BCUT2D eigenvalue weighted by molar-refractivity contribution is -0.113. The third-order valence-electron chi connectivity index (χ3n) is 3.48. The van der Waals surface area contributed by atoms with Gasteiger partial charge in [-0.3, -0.25) is 4.79 Å². The fourth-order valence-electron chi connectivity index (χ4n) is 2.14. The van der Waals surface area contributed by atoms with Gasteiger partial charge in [-0.25, -0.2) is 9.78 Å². The van der Waals surface area contributed by atoms with Gasteiger partial charge in [0.05, 0.1) is 11.4 Å². The lowest BCUT2D eigenvalue weighted by Crippen LogP contribution is -2.14. The number of nitrogens with one attached hydrogen (secondary N) is 1. The van der Waals surface area contributed by atoms with E-state index in [2.05, 4.69) is 31.1 Å². The predicted octanol–water partition coefficient (Wildman–Crippen LogP) is 4.28. The number of carbonyl (C=O) groups is 1. The van der Waals surface area contributed by atoms with Crippen molar-refractivity contribution in [2.45, 2.75) is 30.5 Å². The second-order valence-corrected chi connectivity index (χ2v) is 8.67. The van der Waals surface area contributed by atoms with E-state index in [-0.39, 0.29) is 11.3 Å². The Labute approximate surface area is 153 Å². The summed E-state index contributed by atoms with van der Waals surface area (Å²) in [6.45, 7) is 6.35. The van der Waals surface area contributed by atoms with Gasteiger partial charge in [-0.15, -0.1) is 11.3 Å². The van der Waals surface area contributed by atoms with Gasteiger partial charge in [0.1, 0.15) is 5.58 Å². The Kier molecular flexibility index (Phi) is 4.96. The molecule has 0 aliphatic carbocycles. The number of benzene rings is 1. The molecule has 1 amide bonds. The zero-order valence-corrected chi connectivity index (χ0v) is 15.8. The molecular formula is C18H18N2O3S2. The Morgan fingerprint density at radius 3 is 2.80 bits per heavy atom. The molecule has 7 heteroatoms. The monoisotopic (exact) mass is 374 g/mol. The molecule has 1 N–H and O–H groups in total. The topological polar surface area (TPSA) is 72.2 Å². The highest BCUT2D eigenvalue weighted by Gasteiger charge is 2.18. The molecule has 3 aromatic rings. The van der Waals surface area contributed by atoms with E-state index in [9.17, 15) is 9.59 Å². The van der Waals surface area contributed by atoms with Gasteiger partial charge >= 0.3 is 5.63 Å². The average Bonchev–Trinajstić information content (AvgIpc) is 3.02. The van der Waals surface area contributed by atoms with Crippen LogP contribution in [0.25, 0.3) is 11.0 Å². The Bertz CT molecular complexity index is 970. The van der Waals surface area contributed by atoms with E-state index in [0.717, 1.165) is 15.4 Å². The number of carbonyl (C=O) groups excluding carboxylic acids is 1. The average molecular weight is 374 g/mol. The summed E-state index contributed by atoms with van der Waals surface area (Å²) in [5.41, 5.74) is 1.83. The number of amides is 1. The van der Waals surface area contributed by atoms with Crippen LogP contribution in [0.15, 0.2) is 49.3 Å². The van der Waals surface area contributed by atoms with Crippen molar-refractivity contribution in [3.63, 3.8) is 0 Å². The Balaban J connectivity index is 1.62. The highest BCUT2D eigenvalue weighted by molar-refractivity contribution is 8.01.